The molecule has 0 amide bonds. The predicted molar refractivity (Wildman–Crippen MR) is 92.8 cm³/mol. The molecule has 23 heavy (non-hydrogen) atoms. The second-order valence-electron chi connectivity index (χ2n) is 5.39. The van der Waals surface area contributed by atoms with Crippen molar-refractivity contribution in [3.8, 4) is 0 Å². The van der Waals surface area contributed by atoms with Crippen molar-refractivity contribution in [1.82, 2.24) is 0 Å². The fourth-order valence-corrected chi connectivity index (χ4v) is 5.26. The van der Waals surface area contributed by atoms with Crippen LogP contribution >= 0.6 is 7.60 Å². The second-order valence-corrected chi connectivity index (χ2v) is 7.51. The van der Waals surface area contributed by atoms with Crippen LogP contribution in [-0.4, -0.2) is 19.0 Å². The summed E-state index contributed by atoms with van der Waals surface area (Å²) in [6.07, 6.45) is 0. The Bertz CT molecular complexity index is 622. The van der Waals surface area contributed by atoms with Crippen LogP contribution in [0.3, 0.4) is 0 Å². The zero-order valence-corrected chi connectivity index (χ0v) is 14.4. The summed E-state index contributed by atoms with van der Waals surface area (Å²) in [5.41, 5.74) is 2.16. The lowest BCUT2D eigenvalue weighted by atomic mass is 10.1. The number of rotatable bonds is 7. The zero-order valence-electron chi connectivity index (χ0n) is 13.5. The Balaban J connectivity index is 1.97. The van der Waals surface area contributed by atoms with Crippen molar-refractivity contribution < 1.29 is 13.6 Å². The molecule has 3 rings (SSSR count). The van der Waals surface area contributed by atoms with Gasteiger partial charge in [-0.25, -0.2) is 0 Å². The van der Waals surface area contributed by atoms with Crippen LogP contribution < -0.4 is 4.90 Å². The molecule has 0 saturated carbocycles. The molecule has 0 radical (unpaired) electrons. The van der Waals surface area contributed by atoms with Gasteiger partial charge in [0.15, 0.2) is 5.78 Å². The number of hydrogen-bond donors (Lipinski definition) is 0. The van der Waals surface area contributed by atoms with Gasteiger partial charge in [0, 0.05) is 5.69 Å². The molecule has 0 spiro atoms. The molecule has 1 aliphatic rings. The molecule has 0 bridgehead atoms. The number of anilines is 1. The third-order valence-electron chi connectivity index (χ3n) is 3.91. The molecule has 5 heteroatoms. The van der Waals surface area contributed by atoms with Gasteiger partial charge in [-0.15, -0.1) is 0 Å². The van der Waals surface area contributed by atoms with Crippen molar-refractivity contribution in [2.24, 2.45) is 0 Å². The van der Waals surface area contributed by atoms with Crippen LogP contribution in [-0.2, 0) is 13.6 Å². The van der Waals surface area contributed by atoms with E-state index >= 15 is 0 Å². The van der Waals surface area contributed by atoms with Gasteiger partial charge in [0.25, 0.3) is 0 Å². The Hall–Kier alpha value is -1.61. The van der Waals surface area contributed by atoms with Crippen molar-refractivity contribution >= 4 is 13.3 Å². The van der Waals surface area contributed by atoms with E-state index in [1.807, 2.05) is 62.4 Å². The topological polar surface area (TPSA) is 38.5 Å². The first-order chi connectivity index (χ1) is 11.2. The highest BCUT2D eigenvalue weighted by molar-refractivity contribution is 7.55. The molecule has 1 saturated heterocycles. The third kappa shape index (κ3) is 3.20. The summed E-state index contributed by atoms with van der Waals surface area (Å²) in [6, 6.07) is 20.1. The van der Waals surface area contributed by atoms with Gasteiger partial charge >= 0.3 is 7.60 Å². The normalized spacial score (nSPS) is 20.5. The van der Waals surface area contributed by atoms with E-state index in [1.54, 1.807) is 0 Å². The maximum atomic E-state index is 13.3. The Morgan fingerprint density at radius 2 is 1.43 bits per heavy atom. The van der Waals surface area contributed by atoms with Crippen LogP contribution in [0.15, 0.2) is 60.7 Å². The van der Waals surface area contributed by atoms with Gasteiger partial charge in [-0.2, -0.15) is 0 Å². The van der Waals surface area contributed by atoms with Crippen LogP contribution in [0.2, 0.25) is 0 Å². The lowest BCUT2D eigenvalue weighted by molar-refractivity contribution is 0.218. The van der Waals surface area contributed by atoms with Crippen molar-refractivity contribution in [3.63, 3.8) is 0 Å². The molecule has 122 valence electrons. The van der Waals surface area contributed by atoms with Crippen LogP contribution in [0.5, 0.6) is 0 Å². The number of benzene rings is 2. The van der Waals surface area contributed by atoms with Gasteiger partial charge in [-0.05, 0) is 31.5 Å². The maximum absolute atomic E-state index is 13.3. The smallest absolute Gasteiger partial charge is 0.345 e. The standard InChI is InChI=1S/C18H22NO3P/c1-3-21-23(20,22-4-2)18-17(15-11-7-5-8-12-15)19(18)16-13-9-6-10-14-16/h5-14,17-18H,3-4H2,1-2H3. The monoisotopic (exact) mass is 331 g/mol. The van der Waals surface area contributed by atoms with Gasteiger partial charge < -0.3 is 13.9 Å². The van der Waals surface area contributed by atoms with E-state index in [4.69, 9.17) is 9.05 Å². The molecule has 1 heterocycles. The van der Waals surface area contributed by atoms with E-state index in [0.29, 0.717) is 13.2 Å². The molecule has 2 aromatic rings. The van der Waals surface area contributed by atoms with E-state index in [9.17, 15) is 4.57 Å². The van der Waals surface area contributed by atoms with Gasteiger partial charge in [0.2, 0.25) is 0 Å². The SMILES string of the molecule is CCOP(=O)(OCC)C1C(c2ccccc2)N1c1ccccc1. The summed E-state index contributed by atoms with van der Waals surface area (Å²) in [6.45, 7) is 4.44. The summed E-state index contributed by atoms with van der Waals surface area (Å²) in [5, 5.41) is 0. The lowest BCUT2D eigenvalue weighted by Crippen LogP contribution is -2.06. The predicted octanol–water partition coefficient (Wildman–Crippen LogP) is 4.84. The molecular formula is C18H22NO3P. The van der Waals surface area contributed by atoms with Crippen LogP contribution in [0.4, 0.5) is 5.69 Å². The molecule has 2 unspecified atom stereocenters. The van der Waals surface area contributed by atoms with Crippen molar-refractivity contribution in [1.29, 1.82) is 0 Å². The van der Waals surface area contributed by atoms with Gasteiger partial charge in [0.05, 0.1) is 19.3 Å². The number of nitrogens with zero attached hydrogens (tertiary/aromatic N) is 1. The van der Waals surface area contributed by atoms with Crippen molar-refractivity contribution in [3.05, 3.63) is 66.2 Å². The summed E-state index contributed by atoms with van der Waals surface area (Å²) in [7, 11) is -3.20. The zero-order chi connectivity index (χ0) is 16.3. The first-order valence-electron chi connectivity index (χ1n) is 7.98. The van der Waals surface area contributed by atoms with Gasteiger partial charge in [-0.1, -0.05) is 48.5 Å². The molecular weight excluding hydrogens is 309 g/mol. The number of hydrogen-bond acceptors (Lipinski definition) is 4. The minimum atomic E-state index is -3.20. The van der Waals surface area contributed by atoms with E-state index < -0.39 is 7.60 Å². The molecule has 0 aliphatic carbocycles. The fraction of sp³-hybridized carbons (Fsp3) is 0.333. The minimum Gasteiger partial charge on any atom is -0.345 e. The van der Waals surface area contributed by atoms with Crippen LogP contribution in [0.25, 0.3) is 0 Å². The quantitative estimate of drug-likeness (QED) is 0.537. The van der Waals surface area contributed by atoms with E-state index in [1.165, 1.54) is 0 Å². The maximum Gasteiger partial charge on any atom is 0.355 e. The second kappa shape index (κ2) is 6.88. The first kappa shape index (κ1) is 16.3. The van der Waals surface area contributed by atoms with Crippen LogP contribution in [0, 0.1) is 0 Å². The highest BCUT2D eigenvalue weighted by Gasteiger charge is 2.61. The highest BCUT2D eigenvalue weighted by atomic mass is 31.2. The lowest BCUT2D eigenvalue weighted by Gasteiger charge is -2.17. The summed E-state index contributed by atoms with van der Waals surface area (Å²) >= 11 is 0. The van der Waals surface area contributed by atoms with Gasteiger partial charge in [-0.3, -0.25) is 4.57 Å². The molecule has 1 fully saturated rings. The third-order valence-corrected chi connectivity index (χ3v) is 6.33. The Morgan fingerprint density at radius 3 is 1.96 bits per heavy atom. The van der Waals surface area contributed by atoms with Gasteiger partial charge in [0.1, 0.15) is 0 Å². The molecule has 2 atom stereocenters. The summed E-state index contributed by atoms with van der Waals surface area (Å²) < 4.78 is 24.4. The van der Waals surface area contributed by atoms with E-state index in [0.717, 1.165) is 11.3 Å². The first-order valence-corrected chi connectivity index (χ1v) is 9.59. The van der Waals surface area contributed by atoms with E-state index in [-0.39, 0.29) is 11.8 Å². The Kier molecular flexibility index (Phi) is 4.86. The molecule has 4 nitrogen and oxygen atoms in total. The minimum absolute atomic E-state index is 0.0162. The average molecular weight is 331 g/mol. The summed E-state index contributed by atoms with van der Waals surface area (Å²) in [5.74, 6) is -0.271. The van der Waals surface area contributed by atoms with Crippen molar-refractivity contribution in [2.45, 2.75) is 25.7 Å². The Morgan fingerprint density at radius 1 is 0.913 bits per heavy atom. The van der Waals surface area contributed by atoms with Crippen LogP contribution in [0.1, 0.15) is 25.5 Å². The Labute approximate surface area is 137 Å². The molecule has 2 aromatic carbocycles. The average Bonchev–Trinajstić information content (AvgIpc) is 3.33. The van der Waals surface area contributed by atoms with E-state index in [2.05, 4.69) is 17.0 Å². The number of para-hydroxylation sites is 1. The molecule has 0 aromatic heterocycles. The summed E-state index contributed by atoms with van der Waals surface area (Å²) in [4.78, 5) is 2.13. The van der Waals surface area contributed by atoms with Crippen molar-refractivity contribution in [2.75, 3.05) is 18.1 Å². The fourth-order valence-electron chi connectivity index (χ4n) is 2.99. The highest BCUT2D eigenvalue weighted by Crippen LogP contribution is 2.68. The molecule has 0 N–H and O–H groups in total. The molecule has 1 aliphatic heterocycles. The largest absolute Gasteiger partial charge is 0.355 e.